The van der Waals surface area contributed by atoms with Gasteiger partial charge in [-0.2, -0.15) is 0 Å². The monoisotopic (exact) mass is 861 g/mol. The summed E-state index contributed by atoms with van der Waals surface area (Å²) in [5.41, 5.74) is 25.4. The number of anilines is 2. The maximum atomic E-state index is 13.3. The van der Waals surface area contributed by atoms with Crippen molar-refractivity contribution in [2.24, 2.45) is 34.6 Å². The molecule has 6 aromatic rings. The number of hydrazine groups is 2. The lowest BCUT2D eigenvalue weighted by Gasteiger charge is -2.16. The molecule has 0 saturated heterocycles. The van der Waals surface area contributed by atoms with Crippen molar-refractivity contribution in [1.29, 1.82) is 0 Å². The van der Waals surface area contributed by atoms with E-state index in [0.717, 1.165) is 10.0 Å². The number of aromatic nitrogens is 3. The number of hydrogen-bond acceptors (Lipinski definition) is 12. The third-order valence-electron chi connectivity index (χ3n) is 10.3. The first kappa shape index (κ1) is 44.8. The average Bonchev–Trinajstić information content (AvgIpc) is 4.01. The Kier molecular flexibility index (Phi) is 13.8. The Labute approximate surface area is 358 Å². The van der Waals surface area contributed by atoms with Crippen molar-refractivity contribution in [3.05, 3.63) is 95.4 Å². The van der Waals surface area contributed by atoms with E-state index in [1.54, 1.807) is 72.8 Å². The van der Waals surface area contributed by atoms with Gasteiger partial charge in [0, 0.05) is 88.4 Å². The number of fused-ring (bicyclic) bond motifs is 3. The molecule has 3 heterocycles. The van der Waals surface area contributed by atoms with Crippen LogP contribution in [0.1, 0.15) is 80.3 Å². The van der Waals surface area contributed by atoms with Gasteiger partial charge in [0.05, 0.1) is 12.1 Å². The number of primary amides is 2. The van der Waals surface area contributed by atoms with E-state index in [-0.39, 0.29) is 80.3 Å². The van der Waals surface area contributed by atoms with Gasteiger partial charge in [-0.3, -0.25) is 48.4 Å². The van der Waals surface area contributed by atoms with Crippen LogP contribution in [0.15, 0.2) is 72.8 Å². The van der Waals surface area contributed by atoms with E-state index in [1.807, 2.05) is 0 Å². The summed E-state index contributed by atoms with van der Waals surface area (Å²) in [6.07, 6.45) is -0.0710. The number of ketones is 2. The van der Waals surface area contributed by atoms with Crippen LogP contribution in [0.25, 0.3) is 32.7 Å². The van der Waals surface area contributed by atoms with Gasteiger partial charge < -0.3 is 48.5 Å². The van der Waals surface area contributed by atoms with E-state index in [4.69, 9.17) is 34.6 Å². The third kappa shape index (κ3) is 11.2. The molecule has 2 atom stereocenters. The molecule has 3 aromatic carbocycles. The summed E-state index contributed by atoms with van der Waals surface area (Å²) < 4.78 is 0. The van der Waals surface area contributed by atoms with Crippen LogP contribution in [-0.4, -0.2) is 97.2 Å². The summed E-state index contributed by atoms with van der Waals surface area (Å²) >= 11 is 0. The minimum atomic E-state index is -0.896. The van der Waals surface area contributed by atoms with Crippen molar-refractivity contribution in [2.75, 3.05) is 23.7 Å². The first-order valence-corrected chi connectivity index (χ1v) is 19.7. The number of amides is 6. The van der Waals surface area contributed by atoms with E-state index < -0.39 is 47.5 Å². The number of carbonyl (C=O) groups excluding carboxylic acids is 8. The predicted octanol–water partition coefficient (Wildman–Crippen LogP) is 1.37. The summed E-state index contributed by atoms with van der Waals surface area (Å²) in [4.78, 5) is 108. The molecule has 6 amide bonds. The summed E-state index contributed by atoms with van der Waals surface area (Å²) in [7, 11) is 0. The zero-order valence-electron chi connectivity index (χ0n) is 33.9. The summed E-state index contributed by atoms with van der Waals surface area (Å²) in [5.74, 6) is 8.01. The second-order valence-corrected chi connectivity index (χ2v) is 15.0. The highest BCUT2D eigenvalue weighted by Gasteiger charge is 2.22. The van der Waals surface area contributed by atoms with Gasteiger partial charge in [0.15, 0.2) is 11.6 Å². The lowest BCUT2D eigenvalue weighted by molar-refractivity contribution is -0.122. The molecular formula is C42H47N13O8. The van der Waals surface area contributed by atoms with E-state index in [0.29, 0.717) is 49.6 Å². The highest BCUT2D eigenvalue weighted by molar-refractivity contribution is 6.10. The van der Waals surface area contributed by atoms with Gasteiger partial charge in [-0.05, 0) is 85.6 Å². The van der Waals surface area contributed by atoms with Gasteiger partial charge in [0.1, 0.15) is 17.1 Å². The molecule has 0 spiro atoms. The van der Waals surface area contributed by atoms with Crippen LogP contribution in [0.2, 0.25) is 0 Å². The number of Topliss-reactive ketones (excluding diaryl/α,β-unsaturated/α-hetero) is 2. The number of nitrogens with one attached hydrogen (secondary N) is 5. The van der Waals surface area contributed by atoms with Crippen molar-refractivity contribution in [1.82, 2.24) is 25.0 Å². The predicted molar refractivity (Wildman–Crippen MR) is 233 cm³/mol. The number of nitrogens with zero attached hydrogens (tertiary/aromatic N) is 2. The van der Waals surface area contributed by atoms with Crippen LogP contribution in [0, 0.1) is 0 Å². The molecule has 0 unspecified atom stereocenters. The fourth-order valence-corrected chi connectivity index (χ4v) is 6.71. The minimum Gasteiger partial charge on any atom is -0.370 e. The van der Waals surface area contributed by atoms with Crippen molar-refractivity contribution in [2.45, 2.75) is 50.6 Å². The first-order valence-electron chi connectivity index (χ1n) is 19.7. The highest BCUT2D eigenvalue weighted by Crippen LogP contribution is 2.25. The quantitative estimate of drug-likeness (QED) is 0.0295. The SMILES string of the molecule is NC(=O)CC[C@H](N)C(=O)CCN(N)C(=O)c1cc2cc(NC(=O)c3ccc4[nH]c(C(=O)Nc5ccc6[nH]c(C(=O)N(N)CCC(=O)[C@@H](N)CCC(N)=O)cc6c5)cc4c3)ccc2[nH]1. The van der Waals surface area contributed by atoms with E-state index >= 15 is 0 Å². The smallest absolute Gasteiger partial charge is 0.284 e. The van der Waals surface area contributed by atoms with Gasteiger partial charge in [-0.25, -0.2) is 11.7 Å². The number of aromatic amines is 3. The standard InChI is InChI=1S/C42H47N13O8/c43-27(4-9-37(45)58)35(56)11-13-54(47)41(62)33-19-23-16-25(2-7-30(23)52-33)49-39(60)21-1-6-29-22(15-21)18-32(51-29)40(61)50-26-3-8-31-24(17-26)20-34(53-31)42(63)55(48)14-12-36(57)28(44)5-10-38(46)59/h1-3,6-8,15-20,27-28,51-53H,4-5,9-14,43-44,47-48H2,(H2,45,58)(H2,46,59)(H,49,60)(H,50,61)/t27-,28-/m0/s1. The zero-order valence-corrected chi connectivity index (χ0v) is 33.9. The molecule has 0 radical (unpaired) electrons. The van der Waals surface area contributed by atoms with Crippen molar-refractivity contribution >= 4 is 91.1 Å². The molecule has 17 N–H and O–H groups in total. The summed E-state index contributed by atoms with van der Waals surface area (Å²) in [6.45, 7) is -0.203. The van der Waals surface area contributed by atoms with Crippen molar-refractivity contribution < 1.29 is 38.4 Å². The molecule has 328 valence electrons. The first-order chi connectivity index (χ1) is 29.9. The molecule has 0 fully saturated rings. The molecule has 0 aliphatic carbocycles. The van der Waals surface area contributed by atoms with E-state index in [2.05, 4.69) is 25.6 Å². The maximum absolute atomic E-state index is 13.3. The van der Waals surface area contributed by atoms with Gasteiger partial charge >= 0.3 is 0 Å². The van der Waals surface area contributed by atoms with E-state index in [1.165, 1.54) is 0 Å². The van der Waals surface area contributed by atoms with Gasteiger partial charge in [0.25, 0.3) is 23.6 Å². The topological polar surface area (TPSA) is 371 Å². The molecule has 3 aromatic heterocycles. The van der Waals surface area contributed by atoms with Gasteiger partial charge in [-0.1, -0.05) is 0 Å². The Morgan fingerprint density at radius 3 is 1.37 bits per heavy atom. The van der Waals surface area contributed by atoms with E-state index in [9.17, 15) is 38.4 Å². The molecule has 0 aliphatic rings. The normalized spacial score (nSPS) is 12.2. The van der Waals surface area contributed by atoms with Crippen LogP contribution in [0.4, 0.5) is 11.4 Å². The molecule has 21 nitrogen and oxygen atoms in total. The Morgan fingerprint density at radius 2 is 0.905 bits per heavy atom. The number of nitrogens with two attached hydrogens (primary N) is 6. The zero-order chi connectivity index (χ0) is 45.5. The van der Waals surface area contributed by atoms with Crippen molar-refractivity contribution in [3.63, 3.8) is 0 Å². The fraction of sp³-hybridized carbons (Fsp3) is 0.238. The Hall–Kier alpha value is -7.72. The van der Waals surface area contributed by atoms with Gasteiger partial charge in [-0.15, -0.1) is 0 Å². The fourth-order valence-electron chi connectivity index (χ4n) is 6.71. The summed E-state index contributed by atoms with van der Waals surface area (Å²) in [6, 6.07) is 17.9. The molecule has 0 aliphatic heterocycles. The lowest BCUT2D eigenvalue weighted by atomic mass is 10.1. The molecule has 6 rings (SSSR count). The second-order valence-electron chi connectivity index (χ2n) is 15.0. The molecule has 63 heavy (non-hydrogen) atoms. The largest absolute Gasteiger partial charge is 0.370 e. The summed E-state index contributed by atoms with van der Waals surface area (Å²) in [5, 5.41) is 9.28. The van der Waals surface area contributed by atoms with Crippen LogP contribution in [0.3, 0.4) is 0 Å². The number of benzene rings is 3. The van der Waals surface area contributed by atoms with Gasteiger partial charge in [0.2, 0.25) is 11.8 Å². The number of carbonyl (C=O) groups is 8. The molecular weight excluding hydrogens is 815 g/mol. The number of rotatable bonds is 20. The molecule has 0 bridgehead atoms. The minimum absolute atomic E-state index is 0.0303. The Morgan fingerprint density at radius 1 is 0.508 bits per heavy atom. The lowest BCUT2D eigenvalue weighted by Crippen LogP contribution is -2.41. The Balaban J connectivity index is 1.03. The molecule has 21 heteroatoms. The third-order valence-corrected chi connectivity index (χ3v) is 10.3. The van der Waals surface area contributed by atoms with Crippen molar-refractivity contribution in [3.8, 4) is 0 Å². The Bertz CT molecular complexity index is 2620. The molecule has 0 saturated carbocycles. The van der Waals surface area contributed by atoms with Crippen LogP contribution < -0.4 is 45.3 Å². The van der Waals surface area contributed by atoms with Crippen LogP contribution in [-0.2, 0) is 19.2 Å². The van der Waals surface area contributed by atoms with Crippen LogP contribution >= 0.6 is 0 Å². The average molecular weight is 862 g/mol. The van der Waals surface area contributed by atoms with Crippen LogP contribution in [0.5, 0.6) is 0 Å². The number of H-pyrrole nitrogens is 3. The number of hydrogen-bond donors (Lipinski definition) is 11. The highest BCUT2D eigenvalue weighted by atomic mass is 16.2. The maximum Gasteiger partial charge on any atom is 0.284 e. The second kappa shape index (κ2) is 19.3.